The lowest BCUT2D eigenvalue weighted by atomic mass is 10.2. The predicted molar refractivity (Wildman–Crippen MR) is 74.5 cm³/mol. The molecule has 5 heteroatoms. The van der Waals surface area contributed by atoms with Crippen LogP contribution in [-0.2, 0) is 0 Å². The van der Waals surface area contributed by atoms with Gasteiger partial charge in [0.15, 0.2) is 0 Å². The summed E-state index contributed by atoms with van der Waals surface area (Å²) >= 11 is 1.52. The summed E-state index contributed by atoms with van der Waals surface area (Å²) in [4.78, 5) is 12.9. The number of aromatic nitrogens is 3. The number of methoxy groups -OCH3 is 1. The summed E-state index contributed by atoms with van der Waals surface area (Å²) in [6.07, 6.45) is 3.34. The maximum Gasteiger partial charge on any atom is 0.119 e. The molecule has 0 radical (unpaired) electrons. The molecule has 0 bridgehead atoms. The van der Waals surface area contributed by atoms with E-state index >= 15 is 0 Å². The van der Waals surface area contributed by atoms with Crippen molar-refractivity contribution in [1.82, 2.24) is 15.0 Å². The van der Waals surface area contributed by atoms with Crippen molar-refractivity contribution in [3.63, 3.8) is 0 Å². The average Bonchev–Trinajstić information content (AvgIpc) is 2.48. The van der Waals surface area contributed by atoms with Gasteiger partial charge >= 0.3 is 0 Å². The second-order valence-electron chi connectivity index (χ2n) is 3.83. The first-order valence-electron chi connectivity index (χ1n) is 5.74. The van der Waals surface area contributed by atoms with Crippen LogP contribution in [0.1, 0.15) is 0 Å². The molecule has 94 valence electrons. The Morgan fingerprint density at radius 1 is 1.05 bits per heavy atom. The first kappa shape index (κ1) is 11.9. The predicted octanol–water partition coefficient (Wildman–Crippen LogP) is 3.18. The van der Waals surface area contributed by atoms with E-state index in [0.29, 0.717) is 0 Å². The van der Waals surface area contributed by atoms with Crippen LogP contribution in [-0.4, -0.2) is 22.1 Å². The van der Waals surface area contributed by atoms with Crippen LogP contribution in [0.3, 0.4) is 0 Å². The number of pyridine rings is 1. The number of ether oxygens (including phenoxy) is 1. The van der Waals surface area contributed by atoms with E-state index in [4.69, 9.17) is 4.74 Å². The highest BCUT2D eigenvalue weighted by Gasteiger charge is 2.07. The zero-order valence-corrected chi connectivity index (χ0v) is 11.1. The Bertz CT molecular complexity index is 703. The molecule has 0 atom stereocenters. The van der Waals surface area contributed by atoms with E-state index in [0.717, 1.165) is 26.7 Å². The van der Waals surface area contributed by atoms with Crippen molar-refractivity contribution in [2.24, 2.45) is 0 Å². The maximum atomic E-state index is 5.25. The molecule has 0 aliphatic heterocycles. The molecular formula is C14H11N3OS. The molecule has 0 unspecified atom stereocenters. The number of nitrogens with zero attached hydrogens (tertiary/aromatic N) is 3. The SMILES string of the molecule is COc1ccc2ncnc(Sc3ccccn3)c2c1. The Kier molecular flexibility index (Phi) is 3.29. The third-order valence-electron chi connectivity index (χ3n) is 2.64. The Morgan fingerprint density at radius 2 is 2.00 bits per heavy atom. The maximum absolute atomic E-state index is 5.25. The Hall–Kier alpha value is -2.14. The fraction of sp³-hybridized carbons (Fsp3) is 0.0714. The molecule has 4 nitrogen and oxygen atoms in total. The van der Waals surface area contributed by atoms with Gasteiger partial charge < -0.3 is 4.74 Å². The molecule has 0 fully saturated rings. The summed E-state index contributed by atoms with van der Waals surface area (Å²) in [7, 11) is 1.65. The monoisotopic (exact) mass is 269 g/mol. The van der Waals surface area contributed by atoms with E-state index < -0.39 is 0 Å². The summed E-state index contributed by atoms with van der Waals surface area (Å²) in [6, 6.07) is 11.6. The van der Waals surface area contributed by atoms with Crippen LogP contribution in [0.15, 0.2) is 59.0 Å². The highest BCUT2D eigenvalue weighted by molar-refractivity contribution is 7.99. The van der Waals surface area contributed by atoms with Gasteiger partial charge in [0.05, 0.1) is 12.6 Å². The normalized spacial score (nSPS) is 10.6. The summed E-state index contributed by atoms with van der Waals surface area (Å²) < 4.78 is 5.25. The van der Waals surface area contributed by atoms with E-state index in [1.165, 1.54) is 11.8 Å². The second kappa shape index (κ2) is 5.24. The largest absolute Gasteiger partial charge is 0.497 e. The highest BCUT2D eigenvalue weighted by Crippen LogP contribution is 2.31. The zero-order valence-electron chi connectivity index (χ0n) is 10.3. The molecule has 1 aromatic carbocycles. The van der Waals surface area contributed by atoms with Gasteiger partial charge in [0, 0.05) is 11.6 Å². The molecule has 19 heavy (non-hydrogen) atoms. The molecular weight excluding hydrogens is 258 g/mol. The van der Waals surface area contributed by atoms with Crippen LogP contribution < -0.4 is 4.74 Å². The summed E-state index contributed by atoms with van der Waals surface area (Å²) in [6.45, 7) is 0. The molecule has 2 heterocycles. The molecule has 0 aliphatic rings. The van der Waals surface area contributed by atoms with E-state index in [1.54, 1.807) is 19.6 Å². The molecule has 0 saturated heterocycles. The van der Waals surface area contributed by atoms with Crippen molar-refractivity contribution in [3.8, 4) is 5.75 Å². The van der Waals surface area contributed by atoms with Crippen LogP contribution in [0.4, 0.5) is 0 Å². The molecule has 2 aromatic heterocycles. The Balaban J connectivity index is 2.07. The van der Waals surface area contributed by atoms with Gasteiger partial charge in [-0.1, -0.05) is 6.07 Å². The van der Waals surface area contributed by atoms with Gasteiger partial charge in [-0.15, -0.1) is 0 Å². The van der Waals surface area contributed by atoms with E-state index in [-0.39, 0.29) is 0 Å². The Morgan fingerprint density at radius 3 is 2.79 bits per heavy atom. The van der Waals surface area contributed by atoms with Gasteiger partial charge in [0.1, 0.15) is 22.1 Å². The lowest BCUT2D eigenvalue weighted by Crippen LogP contribution is -1.89. The van der Waals surface area contributed by atoms with Crippen LogP contribution in [0.5, 0.6) is 5.75 Å². The van der Waals surface area contributed by atoms with E-state index in [9.17, 15) is 0 Å². The van der Waals surface area contributed by atoms with Gasteiger partial charge in [0.2, 0.25) is 0 Å². The molecule has 3 aromatic rings. The van der Waals surface area contributed by atoms with Crippen LogP contribution in [0, 0.1) is 0 Å². The minimum atomic E-state index is 0.796. The standard InChI is InChI=1S/C14H11N3OS/c1-18-10-5-6-12-11(8-10)14(17-9-16-12)19-13-4-2-3-7-15-13/h2-9H,1H3. The Labute approximate surface area is 114 Å². The summed E-state index contributed by atoms with van der Waals surface area (Å²) in [5, 5.41) is 2.76. The fourth-order valence-electron chi connectivity index (χ4n) is 1.73. The van der Waals surface area contributed by atoms with Crippen molar-refractivity contribution in [2.75, 3.05) is 7.11 Å². The minimum Gasteiger partial charge on any atom is -0.497 e. The van der Waals surface area contributed by atoms with Crippen LogP contribution >= 0.6 is 11.8 Å². The average molecular weight is 269 g/mol. The third-order valence-corrected chi connectivity index (χ3v) is 3.61. The van der Waals surface area contributed by atoms with Crippen molar-refractivity contribution < 1.29 is 4.74 Å². The number of fused-ring (bicyclic) bond motifs is 1. The van der Waals surface area contributed by atoms with E-state index in [1.807, 2.05) is 36.4 Å². The van der Waals surface area contributed by atoms with Gasteiger partial charge in [-0.3, -0.25) is 0 Å². The minimum absolute atomic E-state index is 0.796. The quantitative estimate of drug-likeness (QED) is 0.683. The fourth-order valence-corrected chi connectivity index (χ4v) is 2.56. The lowest BCUT2D eigenvalue weighted by molar-refractivity contribution is 0.415. The number of hydrogen-bond acceptors (Lipinski definition) is 5. The van der Waals surface area contributed by atoms with Gasteiger partial charge in [-0.05, 0) is 42.1 Å². The smallest absolute Gasteiger partial charge is 0.119 e. The van der Waals surface area contributed by atoms with Crippen molar-refractivity contribution >= 4 is 22.7 Å². The number of benzene rings is 1. The second-order valence-corrected chi connectivity index (χ2v) is 4.84. The number of hydrogen-bond donors (Lipinski definition) is 0. The zero-order chi connectivity index (χ0) is 13.1. The number of rotatable bonds is 3. The molecule has 0 N–H and O–H groups in total. The van der Waals surface area contributed by atoms with Crippen molar-refractivity contribution in [3.05, 3.63) is 48.9 Å². The van der Waals surface area contributed by atoms with Gasteiger partial charge in [-0.25, -0.2) is 15.0 Å². The van der Waals surface area contributed by atoms with E-state index in [2.05, 4.69) is 15.0 Å². The highest BCUT2D eigenvalue weighted by atomic mass is 32.2. The molecule has 0 spiro atoms. The first-order valence-corrected chi connectivity index (χ1v) is 6.56. The molecule has 0 amide bonds. The lowest BCUT2D eigenvalue weighted by Gasteiger charge is -2.06. The van der Waals surface area contributed by atoms with Crippen molar-refractivity contribution in [1.29, 1.82) is 0 Å². The van der Waals surface area contributed by atoms with Gasteiger partial charge in [0.25, 0.3) is 0 Å². The molecule has 0 saturated carbocycles. The van der Waals surface area contributed by atoms with Crippen LogP contribution in [0.25, 0.3) is 10.9 Å². The molecule has 0 aliphatic carbocycles. The van der Waals surface area contributed by atoms with Crippen molar-refractivity contribution in [2.45, 2.75) is 10.1 Å². The van der Waals surface area contributed by atoms with Crippen LogP contribution in [0.2, 0.25) is 0 Å². The van der Waals surface area contributed by atoms with Gasteiger partial charge in [-0.2, -0.15) is 0 Å². The summed E-state index contributed by atoms with van der Waals surface area (Å²) in [5.74, 6) is 0.796. The first-order chi connectivity index (χ1) is 9.36. The summed E-state index contributed by atoms with van der Waals surface area (Å²) in [5.41, 5.74) is 0.897. The molecule has 3 rings (SSSR count). The topological polar surface area (TPSA) is 47.9 Å². The third kappa shape index (κ3) is 2.51.